The second kappa shape index (κ2) is 4.47. The van der Waals surface area contributed by atoms with Crippen LogP contribution in [0, 0.1) is 16.7 Å². The minimum atomic E-state index is -0.516. The Bertz CT molecular complexity index is 656. The molecule has 2 atom stereocenters. The molecule has 3 nitrogen and oxygen atoms in total. The van der Waals surface area contributed by atoms with Crippen LogP contribution in [0.3, 0.4) is 0 Å². The van der Waals surface area contributed by atoms with E-state index in [4.69, 9.17) is 23.2 Å². The van der Waals surface area contributed by atoms with Gasteiger partial charge in [-0.05, 0) is 36.5 Å². The van der Waals surface area contributed by atoms with Crippen molar-refractivity contribution < 1.29 is 9.59 Å². The van der Waals surface area contributed by atoms with Crippen molar-refractivity contribution in [3.63, 3.8) is 0 Å². The van der Waals surface area contributed by atoms with E-state index in [2.05, 4.69) is 0 Å². The molecule has 0 spiro atoms. The summed E-state index contributed by atoms with van der Waals surface area (Å²) in [5.74, 6) is -0.391. The van der Waals surface area contributed by atoms with Crippen LogP contribution in [0.25, 0.3) is 0 Å². The van der Waals surface area contributed by atoms with E-state index in [-0.39, 0.29) is 23.1 Å². The first-order chi connectivity index (χ1) is 9.70. The standard InChI is InChI=1S/C16H17Cl2NO2/c1-15(2)10-6-7-16(15,3)14(21)19(13(10)20)9-4-5-11(17)12(18)8-9/h4-5,8,10H,6-7H2,1-3H3/t10-,16-/m0/s1. The molecule has 2 aliphatic rings. The van der Waals surface area contributed by atoms with Crippen LogP contribution >= 0.6 is 23.2 Å². The van der Waals surface area contributed by atoms with Gasteiger partial charge < -0.3 is 0 Å². The van der Waals surface area contributed by atoms with E-state index in [1.165, 1.54) is 4.90 Å². The van der Waals surface area contributed by atoms with Gasteiger partial charge in [0.1, 0.15) is 0 Å². The van der Waals surface area contributed by atoms with E-state index >= 15 is 0 Å². The molecule has 1 aliphatic heterocycles. The number of halogens is 2. The number of imide groups is 1. The SMILES string of the molecule is CC1(C)[C@H]2CC[C@@]1(C)C(=O)N(c1ccc(Cl)c(Cl)c1)C2=O. The minimum absolute atomic E-state index is 0.127. The highest BCUT2D eigenvalue weighted by Gasteiger charge is 2.64. The zero-order valence-corrected chi connectivity index (χ0v) is 13.8. The maximum Gasteiger partial charge on any atom is 0.240 e. The maximum absolute atomic E-state index is 13.0. The zero-order valence-electron chi connectivity index (χ0n) is 12.2. The molecule has 1 aromatic carbocycles. The minimum Gasteiger partial charge on any atom is -0.274 e. The van der Waals surface area contributed by atoms with Crippen molar-refractivity contribution in [2.75, 3.05) is 4.90 Å². The average molecular weight is 326 g/mol. The number of hydrogen-bond donors (Lipinski definition) is 0. The Labute approximate surface area is 134 Å². The number of piperidine rings is 1. The molecule has 1 aromatic rings. The Balaban J connectivity index is 2.11. The Hall–Kier alpha value is -1.06. The summed E-state index contributed by atoms with van der Waals surface area (Å²) in [6.45, 7) is 6.01. The van der Waals surface area contributed by atoms with Crippen LogP contribution in [-0.4, -0.2) is 11.8 Å². The van der Waals surface area contributed by atoms with Gasteiger partial charge >= 0.3 is 0 Å². The van der Waals surface area contributed by atoms with Gasteiger partial charge in [0.25, 0.3) is 0 Å². The third-order valence-corrected chi connectivity index (χ3v) is 6.32. The van der Waals surface area contributed by atoms with Gasteiger partial charge in [0, 0.05) is 5.92 Å². The van der Waals surface area contributed by atoms with E-state index in [9.17, 15) is 9.59 Å². The number of benzene rings is 1. The van der Waals surface area contributed by atoms with E-state index in [0.717, 1.165) is 12.8 Å². The van der Waals surface area contributed by atoms with Crippen molar-refractivity contribution in [2.45, 2.75) is 33.6 Å². The molecule has 1 saturated carbocycles. The highest BCUT2D eigenvalue weighted by atomic mass is 35.5. The zero-order chi connectivity index (χ0) is 15.6. The quantitative estimate of drug-likeness (QED) is 0.721. The fourth-order valence-electron chi connectivity index (χ4n) is 3.69. The molecule has 1 aliphatic carbocycles. The van der Waals surface area contributed by atoms with Gasteiger partial charge in [-0.25, -0.2) is 4.90 Å². The van der Waals surface area contributed by atoms with Gasteiger partial charge in [0.15, 0.2) is 0 Å². The van der Waals surface area contributed by atoms with Crippen molar-refractivity contribution in [2.24, 2.45) is 16.7 Å². The van der Waals surface area contributed by atoms with Crippen LogP contribution in [0.1, 0.15) is 33.6 Å². The van der Waals surface area contributed by atoms with Crippen LogP contribution in [0.15, 0.2) is 18.2 Å². The number of nitrogens with zero attached hydrogens (tertiary/aromatic N) is 1. The molecule has 1 heterocycles. The monoisotopic (exact) mass is 325 g/mol. The Morgan fingerprint density at radius 3 is 2.43 bits per heavy atom. The molecule has 2 fully saturated rings. The molecule has 21 heavy (non-hydrogen) atoms. The van der Waals surface area contributed by atoms with Crippen LogP contribution in [0.4, 0.5) is 5.69 Å². The lowest BCUT2D eigenvalue weighted by Crippen LogP contribution is -2.59. The second-order valence-corrected chi connectivity index (χ2v) is 7.54. The largest absolute Gasteiger partial charge is 0.274 e. The van der Waals surface area contributed by atoms with Crippen molar-refractivity contribution in [3.05, 3.63) is 28.2 Å². The molecule has 3 rings (SSSR count). The molecule has 5 heteroatoms. The van der Waals surface area contributed by atoms with E-state index in [0.29, 0.717) is 15.7 Å². The summed E-state index contributed by atoms with van der Waals surface area (Å²) in [5.41, 5.74) is -0.320. The first-order valence-electron chi connectivity index (χ1n) is 7.03. The highest BCUT2D eigenvalue weighted by Crippen LogP contribution is 2.60. The third kappa shape index (κ3) is 1.80. The summed E-state index contributed by atoms with van der Waals surface area (Å²) in [6.07, 6.45) is 1.50. The number of fused-ring (bicyclic) bond motifs is 2. The smallest absolute Gasteiger partial charge is 0.240 e. The number of rotatable bonds is 1. The first-order valence-corrected chi connectivity index (χ1v) is 7.79. The maximum atomic E-state index is 13.0. The van der Waals surface area contributed by atoms with Crippen LogP contribution in [0.2, 0.25) is 10.0 Å². The predicted molar refractivity (Wildman–Crippen MR) is 83.6 cm³/mol. The molecule has 2 bridgehead atoms. The third-order valence-electron chi connectivity index (χ3n) is 5.58. The average Bonchev–Trinajstić information content (AvgIpc) is 2.59. The first kappa shape index (κ1) is 14.9. The summed E-state index contributed by atoms with van der Waals surface area (Å²) < 4.78 is 0. The van der Waals surface area contributed by atoms with Crippen molar-refractivity contribution in [1.29, 1.82) is 0 Å². The fourth-order valence-corrected chi connectivity index (χ4v) is 3.98. The van der Waals surface area contributed by atoms with Crippen LogP contribution in [-0.2, 0) is 9.59 Å². The molecular weight excluding hydrogens is 309 g/mol. The molecule has 0 radical (unpaired) electrons. The Kier molecular flexibility index (Phi) is 3.16. The number of carbonyl (C=O) groups is 2. The lowest BCUT2D eigenvalue weighted by atomic mass is 9.62. The molecular formula is C16H17Cl2NO2. The molecule has 112 valence electrons. The van der Waals surface area contributed by atoms with E-state index in [1.54, 1.807) is 18.2 Å². The van der Waals surface area contributed by atoms with E-state index < -0.39 is 5.41 Å². The Morgan fingerprint density at radius 2 is 1.81 bits per heavy atom. The number of carbonyl (C=O) groups excluding carboxylic acids is 2. The summed E-state index contributed by atoms with van der Waals surface area (Å²) in [7, 11) is 0. The molecule has 1 saturated heterocycles. The molecule has 0 N–H and O–H groups in total. The van der Waals surface area contributed by atoms with Crippen molar-refractivity contribution >= 4 is 40.7 Å². The van der Waals surface area contributed by atoms with Gasteiger partial charge in [0.05, 0.1) is 21.1 Å². The van der Waals surface area contributed by atoms with Gasteiger partial charge in [-0.15, -0.1) is 0 Å². The fraction of sp³-hybridized carbons (Fsp3) is 0.500. The summed E-state index contributed by atoms with van der Waals surface area (Å²) >= 11 is 11.9. The molecule has 2 amide bonds. The summed E-state index contributed by atoms with van der Waals surface area (Å²) in [4.78, 5) is 27.0. The summed E-state index contributed by atoms with van der Waals surface area (Å²) in [5, 5.41) is 0.754. The van der Waals surface area contributed by atoms with Crippen LogP contribution in [0.5, 0.6) is 0 Å². The highest BCUT2D eigenvalue weighted by molar-refractivity contribution is 6.42. The topological polar surface area (TPSA) is 37.4 Å². The van der Waals surface area contributed by atoms with E-state index in [1.807, 2.05) is 20.8 Å². The van der Waals surface area contributed by atoms with Gasteiger partial charge in [-0.2, -0.15) is 0 Å². The number of anilines is 1. The van der Waals surface area contributed by atoms with Crippen molar-refractivity contribution in [1.82, 2.24) is 0 Å². The Morgan fingerprint density at radius 1 is 1.14 bits per heavy atom. The second-order valence-electron chi connectivity index (χ2n) is 6.72. The van der Waals surface area contributed by atoms with Gasteiger partial charge in [-0.3, -0.25) is 9.59 Å². The number of hydrogen-bond acceptors (Lipinski definition) is 2. The van der Waals surface area contributed by atoms with Crippen LogP contribution < -0.4 is 4.90 Å². The predicted octanol–water partition coefficient (Wildman–Crippen LogP) is 4.31. The van der Waals surface area contributed by atoms with Crippen molar-refractivity contribution in [3.8, 4) is 0 Å². The molecule has 0 aromatic heterocycles. The summed E-state index contributed by atoms with van der Waals surface area (Å²) in [6, 6.07) is 4.87. The lowest BCUT2D eigenvalue weighted by Gasteiger charge is -2.47. The molecule has 0 unspecified atom stereocenters. The van der Waals surface area contributed by atoms with Gasteiger partial charge in [-0.1, -0.05) is 44.0 Å². The normalized spacial score (nSPS) is 30.9. The lowest BCUT2D eigenvalue weighted by molar-refractivity contribution is -0.146. The van der Waals surface area contributed by atoms with Gasteiger partial charge in [0.2, 0.25) is 11.8 Å². The number of amides is 2.